The number of Topliss-reactive ketones (excluding diaryl/α,β-unsaturated/α-hetero) is 1. The van der Waals surface area contributed by atoms with Crippen LogP contribution in [-0.2, 0) is 0 Å². The number of carbonyl (C=O) groups excluding carboxylic acids is 1. The highest BCUT2D eigenvalue weighted by Gasteiger charge is 2.09. The van der Waals surface area contributed by atoms with E-state index in [4.69, 9.17) is 0 Å². The summed E-state index contributed by atoms with van der Waals surface area (Å²) in [6.07, 6.45) is 12.9. The number of hydrogen-bond donors (Lipinski definition) is 0. The van der Waals surface area contributed by atoms with Gasteiger partial charge in [-0.15, -0.1) is 0 Å². The van der Waals surface area contributed by atoms with Gasteiger partial charge in [0.15, 0.2) is 5.78 Å². The molecule has 21 heavy (non-hydrogen) atoms. The van der Waals surface area contributed by atoms with Crippen molar-refractivity contribution in [3.8, 4) is 0 Å². The number of carbonyl (C=O) groups is 1. The van der Waals surface area contributed by atoms with Crippen molar-refractivity contribution in [1.29, 1.82) is 0 Å². The zero-order valence-electron chi connectivity index (χ0n) is 13.0. The summed E-state index contributed by atoms with van der Waals surface area (Å²) in [5, 5.41) is 2.07. The van der Waals surface area contributed by atoms with Gasteiger partial charge in [-0.1, -0.05) is 63.6 Å². The Balaban J connectivity index is 1.83. The number of nitrogens with zero attached hydrogens (tertiary/aromatic N) is 1. The van der Waals surface area contributed by atoms with Gasteiger partial charge in [0.05, 0.1) is 0 Å². The minimum absolute atomic E-state index is 0.264. The maximum absolute atomic E-state index is 12.4. The van der Waals surface area contributed by atoms with E-state index < -0.39 is 0 Å². The third-order valence-corrected chi connectivity index (χ3v) is 3.99. The van der Waals surface area contributed by atoms with E-state index in [9.17, 15) is 4.79 Å². The quantitative estimate of drug-likeness (QED) is 0.445. The van der Waals surface area contributed by atoms with Gasteiger partial charge in [0.1, 0.15) is 0 Å². The first-order valence-corrected chi connectivity index (χ1v) is 8.19. The predicted octanol–water partition coefficient (Wildman–Crippen LogP) is 5.56. The molecule has 0 aliphatic rings. The highest BCUT2D eigenvalue weighted by Crippen LogP contribution is 2.20. The molecule has 1 aromatic heterocycles. The van der Waals surface area contributed by atoms with Crippen LogP contribution in [0.1, 0.15) is 68.6 Å². The Labute approximate surface area is 127 Å². The van der Waals surface area contributed by atoms with Gasteiger partial charge >= 0.3 is 0 Å². The van der Waals surface area contributed by atoms with Gasteiger partial charge in [-0.05, 0) is 17.9 Å². The Kier molecular flexibility index (Phi) is 6.39. The summed E-state index contributed by atoms with van der Waals surface area (Å²) in [6, 6.07) is 7.83. The normalized spacial score (nSPS) is 10.9. The molecule has 0 aliphatic carbocycles. The molecule has 2 nitrogen and oxygen atoms in total. The molecule has 1 aromatic carbocycles. The number of unbranched alkanes of at least 4 members (excludes halogenated alkanes) is 6. The maximum atomic E-state index is 12.4. The second kappa shape index (κ2) is 8.56. The van der Waals surface area contributed by atoms with E-state index >= 15 is 0 Å². The van der Waals surface area contributed by atoms with Crippen LogP contribution in [0.5, 0.6) is 0 Å². The molecule has 2 rings (SSSR count). The first-order valence-electron chi connectivity index (χ1n) is 8.19. The Hall–Kier alpha value is -1.70. The molecular formula is C19H25NO. The van der Waals surface area contributed by atoms with Crippen LogP contribution < -0.4 is 0 Å². The summed E-state index contributed by atoms with van der Waals surface area (Å²) in [5.74, 6) is 0.264. The van der Waals surface area contributed by atoms with Gasteiger partial charge in [-0.3, -0.25) is 9.78 Å². The average Bonchev–Trinajstić information content (AvgIpc) is 2.53. The van der Waals surface area contributed by atoms with E-state index in [0.717, 1.165) is 22.8 Å². The Morgan fingerprint density at radius 1 is 1.00 bits per heavy atom. The molecule has 1 heterocycles. The van der Waals surface area contributed by atoms with Gasteiger partial charge < -0.3 is 0 Å². The fourth-order valence-electron chi connectivity index (χ4n) is 2.74. The molecule has 0 spiro atoms. The van der Waals surface area contributed by atoms with E-state index in [1.807, 2.05) is 30.5 Å². The predicted molar refractivity (Wildman–Crippen MR) is 88.7 cm³/mol. The van der Waals surface area contributed by atoms with Crippen molar-refractivity contribution < 1.29 is 4.79 Å². The monoisotopic (exact) mass is 283 g/mol. The van der Waals surface area contributed by atoms with Gasteiger partial charge in [0, 0.05) is 29.8 Å². The summed E-state index contributed by atoms with van der Waals surface area (Å²) >= 11 is 0. The molecule has 2 aromatic rings. The molecule has 0 amide bonds. The number of benzene rings is 1. The maximum Gasteiger partial charge on any atom is 0.163 e. The summed E-state index contributed by atoms with van der Waals surface area (Å²) in [5.41, 5.74) is 0.848. The second-order valence-corrected chi connectivity index (χ2v) is 5.70. The second-order valence-electron chi connectivity index (χ2n) is 5.70. The molecule has 0 aliphatic heterocycles. The Bertz CT molecular complexity index is 571. The molecule has 0 atom stereocenters. The lowest BCUT2D eigenvalue weighted by molar-refractivity contribution is 0.0980. The molecular weight excluding hydrogens is 258 g/mol. The molecule has 0 fully saturated rings. The van der Waals surface area contributed by atoms with Crippen LogP contribution in [0.4, 0.5) is 0 Å². The number of rotatable bonds is 9. The fourth-order valence-corrected chi connectivity index (χ4v) is 2.74. The van der Waals surface area contributed by atoms with Gasteiger partial charge in [-0.25, -0.2) is 0 Å². The minimum atomic E-state index is 0.264. The first-order chi connectivity index (χ1) is 10.3. The number of hydrogen-bond acceptors (Lipinski definition) is 2. The highest BCUT2D eigenvalue weighted by molar-refractivity contribution is 6.07. The zero-order valence-corrected chi connectivity index (χ0v) is 13.0. The topological polar surface area (TPSA) is 30.0 Å². The largest absolute Gasteiger partial charge is 0.294 e. The first kappa shape index (κ1) is 15.7. The summed E-state index contributed by atoms with van der Waals surface area (Å²) < 4.78 is 0. The summed E-state index contributed by atoms with van der Waals surface area (Å²) in [6.45, 7) is 2.23. The zero-order chi connectivity index (χ0) is 14.9. The van der Waals surface area contributed by atoms with Gasteiger partial charge in [-0.2, -0.15) is 0 Å². The standard InChI is InChI=1S/C19H25NO/c1-2-3-4-5-6-7-8-12-19(21)18-11-9-10-16-15-20-14-13-17(16)18/h9-11,13-15H,2-8,12H2,1H3. The number of fused-ring (bicyclic) bond motifs is 1. The van der Waals surface area contributed by atoms with Crippen LogP contribution in [0.3, 0.4) is 0 Å². The van der Waals surface area contributed by atoms with Crippen LogP contribution in [-0.4, -0.2) is 10.8 Å². The lowest BCUT2D eigenvalue weighted by Gasteiger charge is -2.05. The van der Waals surface area contributed by atoms with Crippen molar-refractivity contribution in [3.63, 3.8) is 0 Å². The van der Waals surface area contributed by atoms with Crippen molar-refractivity contribution in [2.45, 2.75) is 58.3 Å². The molecule has 0 saturated heterocycles. The SMILES string of the molecule is CCCCCCCCCC(=O)c1cccc2cnccc12. The van der Waals surface area contributed by atoms with Crippen molar-refractivity contribution in [1.82, 2.24) is 4.98 Å². The third kappa shape index (κ3) is 4.66. The van der Waals surface area contributed by atoms with Crippen molar-refractivity contribution in [2.75, 3.05) is 0 Å². The van der Waals surface area contributed by atoms with Crippen molar-refractivity contribution >= 4 is 16.6 Å². The lowest BCUT2D eigenvalue weighted by atomic mass is 9.99. The van der Waals surface area contributed by atoms with E-state index in [1.54, 1.807) is 6.20 Å². The van der Waals surface area contributed by atoms with E-state index in [1.165, 1.54) is 38.5 Å². The summed E-state index contributed by atoms with van der Waals surface area (Å²) in [4.78, 5) is 16.5. The van der Waals surface area contributed by atoms with E-state index in [-0.39, 0.29) is 5.78 Å². The molecule has 0 N–H and O–H groups in total. The van der Waals surface area contributed by atoms with Crippen LogP contribution in [0.2, 0.25) is 0 Å². The number of ketones is 1. The van der Waals surface area contributed by atoms with Crippen LogP contribution in [0.15, 0.2) is 36.7 Å². The molecule has 0 saturated carbocycles. The third-order valence-electron chi connectivity index (χ3n) is 3.99. The molecule has 112 valence electrons. The fraction of sp³-hybridized carbons (Fsp3) is 0.474. The highest BCUT2D eigenvalue weighted by atomic mass is 16.1. The van der Waals surface area contributed by atoms with Crippen LogP contribution >= 0.6 is 0 Å². The average molecular weight is 283 g/mol. The lowest BCUT2D eigenvalue weighted by Crippen LogP contribution is -2.00. The van der Waals surface area contributed by atoms with Gasteiger partial charge in [0.25, 0.3) is 0 Å². The van der Waals surface area contributed by atoms with Gasteiger partial charge in [0.2, 0.25) is 0 Å². The Morgan fingerprint density at radius 3 is 2.57 bits per heavy atom. The molecule has 2 heteroatoms. The van der Waals surface area contributed by atoms with Crippen LogP contribution in [0.25, 0.3) is 10.8 Å². The number of aromatic nitrogens is 1. The van der Waals surface area contributed by atoms with Crippen molar-refractivity contribution in [3.05, 3.63) is 42.2 Å². The van der Waals surface area contributed by atoms with E-state index in [2.05, 4.69) is 11.9 Å². The van der Waals surface area contributed by atoms with E-state index in [0.29, 0.717) is 6.42 Å². The number of pyridine rings is 1. The van der Waals surface area contributed by atoms with Crippen LogP contribution in [0, 0.1) is 0 Å². The molecule has 0 radical (unpaired) electrons. The minimum Gasteiger partial charge on any atom is -0.294 e. The van der Waals surface area contributed by atoms with Crippen molar-refractivity contribution in [2.24, 2.45) is 0 Å². The summed E-state index contributed by atoms with van der Waals surface area (Å²) in [7, 11) is 0. The molecule has 0 unspecified atom stereocenters. The smallest absolute Gasteiger partial charge is 0.163 e. The molecule has 0 bridgehead atoms. The Morgan fingerprint density at radius 2 is 1.76 bits per heavy atom.